The average molecular weight is 351 g/mol. The molecule has 1 N–H and O–H groups in total. The fourth-order valence-electron chi connectivity index (χ4n) is 2.93. The number of benzene rings is 1. The van der Waals surface area contributed by atoms with Gasteiger partial charge in [-0.15, -0.1) is 5.10 Å². The highest BCUT2D eigenvalue weighted by atomic mass is 32.2. The minimum absolute atomic E-state index is 0.161. The Hall–Kier alpha value is -2.67. The lowest BCUT2D eigenvalue weighted by molar-refractivity contribution is -0.116. The maximum atomic E-state index is 12.8. The molecule has 0 unspecified atom stereocenters. The van der Waals surface area contributed by atoms with Crippen LogP contribution in [0, 0.1) is 6.92 Å². The van der Waals surface area contributed by atoms with Crippen molar-refractivity contribution in [3.05, 3.63) is 64.4 Å². The SMILES string of the molecule is CCSC1=NN2C(=c3ccccc3=N[C@H]2c2cccc(C)n2)C(=O)N1. The number of aromatic nitrogens is 1. The Balaban J connectivity index is 1.96. The van der Waals surface area contributed by atoms with E-state index in [0.717, 1.165) is 27.7 Å². The molecule has 1 aromatic heterocycles. The van der Waals surface area contributed by atoms with Crippen molar-refractivity contribution in [3.8, 4) is 0 Å². The number of hydrazone groups is 1. The lowest BCUT2D eigenvalue weighted by atomic mass is 10.1. The summed E-state index contributed by atoms with van der Waals surface area (Å²) in [5.41, 5.74) is 2.19. The summed E-state index contributed by atoms with van der Waals surface area (Å²) in [4.78, 5) is 22.2. The molecule has 1 atom stereocenters. The van der Waals surface area contributed by atoms with E-state index in [0.29, 0.717) is 10.9 Å². The van der Waals surface area contributed by atoms with Gasteiger partial charge in [-0.2, -0.15) is 0 Å². The smallest absolute Gasteiger partial charge is 0.276 e. The number of hydrogen-bond acceptors (Lipinski definition) is 6. The maximum Gasteiger partial charge on any atom is 0.276 e. The van der Waals surface area contributed by atoms with Gasteiger partial charge in [0.2, 0.25) is 0 Å². The average Bonchev–Trinajstić information content (AvgIpc) is 2.61. The number of carbonyl (C=O) groups excluding carboxylic acids is 1. The van der Waals surface area contributed by atoms with Gasteiger partial charge in [0.25, 0.3) is 5.91 Å². The molecule has 3 heterocycles. The number of amidine groups is 1. The summed E-state index contributed by atoms with van der Waals surface area (Å²) in [6, 6.07) is 13.4. The third-order valence-corrected chi connectivity index (χ3v) is 4.72. The number of thioether (sulfide) groups is 1. The highest BCUT2D eigenvalue weighted by molar-refractivity contribution is 8.13. The number of nitrogens with one attached hydrogen (secondary N) is 1. The summed E-state index contributed by atoms with van der Waals surface area (Å²) in [5, 5.41) is 11.4. The van der Waals surface area contributed by atoms with Gasteiger partial charge in [-0.1, -0.05) is 43.0 Å². The van der Waals surface area contributed by atoms with E-state index >= 15 is 0 Å². The molecule has 4 rings (SSSR count). The number of amides is 1. The number of rotatable bonds is 2. The van der Waals surface area contributed by atoms with Crippen molar-refractivity contribution in [1.29, 1.82) is 0 Å². The van der Waals surface area contributed by atoms with Gasteiger partial charge < -0.3 is 0 Å². The van der Waals surface area contributed by atoms with Crippen LogP contribution in [0.25, 0.3) is 5.70 Å². The van der Waals surface area contributed by atoms with Crippen molar-refractivity contribution in [1.82, 2.24) is 15.3 Å². The van der Waals surface area contributed by atoms with E-state index in [1.807, 2.05) is 56.3 Å². The molecule has 0 saturated carbocycles. The minimum atomic E-state index is -0.455. The standard InChI is InChI=1S/C18H17N5OS/c1-3-25-18-21-17(24)15-12-8-4-5-9-13(12)20-16(23(15)22-18)14-10-6-7-11(2)19-14/h4-10,16H,3H2,1-2H3,(H,21,22,24)/t16-/m1/s1. The predicted molar refractivity (Wildman–Crippen MR) is 97.9 cm³/mol. The van der Waals surface area contributed by atoms with Gasteiger partial charge in [0, 0.05) is 10.9 Å². The third kappa shape index (κ3) is 2.80. The first kappa shape index (κ1) is 15.8. The first-order chi connectivity index (χ1) is 12.2. The summed E-state index contributed by atoms with van der Waals surface area (Å²) < 4.78 is 0. The highest BCUT2D eigenvalue weighted by Gasteiger charge is 2.34. The van der Waals surface area contributed by atoms with Gasteiger partial charge in [-0.05, 0) is 30.9 Å². The molecule has 0 saturated heterocycles. The Bertz CT molecular complexity index is 1000. The van der Waals surface area contributed by atoms with Gasteiger partial charge >= 0.3 is 0 Å². The van der Waals surface area contributed by atoms with Crippen LogP contribution in [0.15, 0.2) is 52.6 Å². The molecule has 1 amide bonds. The van der Waals surface area contributed by atoms with Gasteiger partial charge in [0.1, 0.15) is 5.70 Å². The summed E-state index contributed by atoms with van der Waals surface area (Å²) in [6.07, 6.45) is -0.455. The number of pyridine rings is 1. The monoisotopic (exact) mass is 351 g/mol. The van der Waals surface area contributed by atoms with Crippen LogP contribution >= 0.6 is 11.8 Å². The topological polar surface area (TPSA) is 70.0 Å². The van der Waals surface area contributed by atoms with Crippen molar-refractivity contribution in [2.45, 2.75) is 20.0 Å². The molecule has 2 aromatic rings. The number of para-hydroxylation sites is 1. The quantitative estimate of drug-likeness (QED) is 0.885. The molecule has 7 heteroatoms. The van der Waals surface area contributed by atoms with Gasteiger partial charge in [-0.3, -0.25) is 20.1 Å². The molecular formula is C18H17N5OS. The van der Waals surface area contributed by atoms with E-state index in [9.17, 15) is 4.79 Å². The molecule has 0 spiro atoms. The second-order valence-corrected chi connectivity index (χ2v) is 6.96. The zero-order valence-electron chi connectivity index (χ0n) is 13.9. The highest BCUT2D eigenvalue weighted by Crippen LogP contribution is 2.29. The molecule has 0 radical (unpaired) electrons. The molecular weight excluding hydrogens is 334 g/mol. The van der Waals surface area contributed by atoms with Crippen molar-refractivity contribution in [2.75, 3.05) is 5.75 Å². The van der Waals surface area contributed by atoms with Crippen molar-refractivity contribution in [3.63, 3.8) is 0 Å². The fraction of sp³-hybridized carbons (Fsp3) is 0.222. The second kappa shape index (κ2) is 6.33. The molecule has 126 valence electrons. The summed E-state index contributed by atoms with van der Waals surface area (Å²) >= 11 is 1.49. The van der Waals surface area contributed by atoms with Crippen molar-refractivity contribution in [2.24, 2.45) is 10.1 Å². The largest absolute Gasteiger partial charge is 0.298 e. The zero-order chi connectivity index (χ0) is 17.4. The summed E-state index contributed by atoms with van der Waals surface area (Å²) in [7, 11) is 0. The van der Waals surface area contributed by atoms with Crippen molar-refractivity contribution < 1.29 is 4.79 Å². The van der Waals surface area contributed by atoms with Crippen LogP contribution in [0.1, 0.15) is 24.5 Å². The van der Waals surface area contributed by atoms with Gasteiger partial charge in [-0.25, -0.2) is 5.01 Å². The molecule has 0 aliphatic carbocycles. The molecule has 2 aliphatic rings. The van der Waals surface area contributed by atoms with E-state index in [1.54, 1.807) is 5.01 Å². The van der Waals surface area contributed by atoms with E-state index < -0.39 is 6.17 Å². The van der Waals surface area contributed by atoms with Gasteiger partial charge in [0.15, 0.2) is 11.3 Å². The molecule has 25 heavy (non-hydrogen) atoms. The minimum Gasteiger partial charge on any atom is -0.298 e. The lowest BCUT2D eigenvalue weighted by Gasteiger charge is -2.33. The van der Waals surface area contributed by atoms with Crippen LogP contribution in [-0.4, -0.2) is 26.8 Å². The number of nitrogens with zero attached hydrogens (tertiary/aromatic N) is 4. The molecule has 2 aliphatic heterocycles. The Morgan fingerprint density at radius 1 is 1.20 bits per heavy atom. The van der Waals surface area contributed by atoms with Crippen molar-refractivity contribution >= 4 is 28.5 Å². The molecule has 0 fully saturated rings. The summed E-state index contributed by atoms with van der Waals surface area (Å²) in [5.74, 6) is 0.662. The van der Waals surface area contributed by atoms with Crippen LogP contribution in [0.3, 0.4) is 0 Å². The normalized spacial score (nSPS) is 18.7. The van der Waals surface area contributed by atoms with E-state index in [1.165, 1.54) is 11.8 Å². The van der Waals surface area contributed by atoms with E-state index in [2.05, 4.69) is 15.4 Å². The first-order valence-corrected chi connectivity index (χ1v) is 9.08. The second-order valence-electron chi connectivity index (χ2n) is 5.71. The molecule has 1 aromatic carbocycles. The third-order valence-electron chi connectivity index (χ3n) is 3.97. The Kier molecular flexibility index (Phi) is 4.01. The number of hydrogen-bond donors (Lipinski definition) is 1. The van der Waals surface area contributed by atoms with Crippen LogP contribution in [0.2, 0.25) is 0 Å². The van der Waals surface area contributed by atoms with E-state index in [-0.39, 0.29) is 5.91 Å². The predicted octanol–water partition coefficient (Wildman–Crippen LogP) is 1.29. The first-order valence-electron chi connectivity index (χ1n) is 8.10. The number of fused-ring (bicyclic) bond motifs is 2. The van der Waals surface area contributed by atoms with Crippen LogP contribution < -0.4 is 15.9 Å². The lowest BCUT2D eigenvalue weighted by Crippen LogP contribution is -2.50. The number of carbonyl (C=O) groups is 1. The fourth-order valence-corrected chi connectivity index (χ4v) is 3.51. The van der Waals surface area contributed by atoms with Crippen LogP contribution in [0.4, 0.5) is 0 Å². The number of aryl methyl sites for hydroxylation is 1. The van der Waals surface area contributed by atoms with Crippen LogP contribution in [0.5, 0.6) is 0 Å². The maximum absolute atomic E-state index is 12.8. The Labute approximate surface area is 149 Å². The zero-order valence-corrected chi connectivity index (χ0v) is 14.7. The van der Waals surface area contributed by atoms with Gasteiger partial charge in [0.05, 0.1) is 11.1 Å². The molecule has 0 bridgehead atoms. The Morgan fingerprint density at radius 3 is 2.84 bits per heavy atom. The van der Waals surface area contributed by atoms with Crippen LogP contribution in [-0.2, 0) is 4.79 Å². The Morgan fingerprint density at radius 2 is 2.04 bits per heavy atom. The summed E-state index contributed by atoms with van der Waals surface area (Å²) in [6.45, 7) is 3.96. The van der Waals surface area contributed by atoms with E-state index in [4.69, 9.17) is 4.99 Å². The molecule has 6 nitrogen and oxygen atoms in total.